The Morgan fingerprint density at radius 1 is 1.02 bits per heavy atom. The summed E-state index contributed by atoms with van der Waals surface area (Å²) in [4.78, 5) is 53.9. The number of hydrogen-bond acceptors (Lipinski definition) is 10. The van der Waals surface area contributed by atoms with Crippen LogP contribution in [0, 0.1) is 0 Å². The van der Waals surface area contributed by atoms with Crippen LogP contribution in [0.2, 0.25) is 0 Å². The molecule has 0 radical (unpaired) electrons. The maximum atomic E-state index is 11.8. The van der Waals surface area contributed by atoms with Crippen LogP contribution < -0.4 is 43.8 Å². The maximum Gasteiger partial charge on any atom is 0.269 e. The van der Waals surface area contributed by atoms with E-state index in [0.29, 0.717) is 56.0 Å². The summed E-state index contributed by atoms with van der Waals surface area (Å²) in [5.74, 6) is -0.777. The number of nitrogens with one attached hydrogen (secondary N) is 5. The first-order valence-corrected chi connectivity index (χ1v) is 15.0. The quantitative estimate of drug-likeness (QED) is 0.0312. The minimum Gasteiger partial charge on any atom is -0.390 e. The Balaban J connectivity index is 0.000000884. The Bertz CT molecular complexity index is 1150. The van der Waals surface area contributed by atoms with Crippen molar-refractivity contribution in [2.45, 2.75) is 52.0 Å². The Hall–Kier alpha value is -4.40. The number of hydrogen-bond donors (Lipinski definition) is 8. The first-order valence-electron chi connectivity index (χ1n) is 15.0. The molecule has 1 aromatic carbocycles. The van der Waals surface area contributed by atoms with Gasteiger partial charge in [0.1, 0.15) is 12.0 Å². The van der Waals surface area contributed by atoms with Crippen molar-refractivity contribution in [1.29, 1.82) is 0 Å². The van der Waals surface area contributed by atoms with Crippen molar-refractivity contribution in [2.24, 2.45) is 27.2 Å². The molecule has 14 nitrogen and oxygen atoms in total. The van der Waals surface area contributed by atoms with E-state index in [0.717, 1.165) is 44.1 Å². The van der Waals surface area contributed by atoms with Gasteiger partial charge in [0, 0.05) is 30.8 Å². The van der Waals surface area contributed by atoms with Gasteiger partial charge in [-0.2, -0.15) is 0 Å². The predicted molar refractivity (Wildman–Crippen MR) is 182 cm³/mol. The molecule has 14 heteroatoms. The van der Waals surface area contributed by atoms with Gasteiger partial charge in [0.15, 0.2) is 0 Å². The van der Waals surface area contributed by atoms with Gasteiger partial charge >= 0.3 is 0 Å². The highest BCUT2D eigenvalue weighted by molar-refractivity contribution is 6.03. The average Bonchev–Trinajstić information content (AvgIpc) is 3.03. The van der Waals surface area contributed by atoms with Gasteiger partial charge in [-0.25, -0.2) is 9.98 Å². The second kappa shape index (κ2) is 26.0. The number of aldehydes is 1. The lowest BCUT2D eigenvalue weighted by Gasteiger charge is -2.15. The van der Waals surface area contributed by atoms with Crippen LogP contribution in [0.4, 0.5) is 5.69 Å². The second-order valence-corrected chi connectivity index (χ2v) is 9.70. The molecule has 45 heavy (non-hydrogen) atoms. The van der Waals surface area contributed by atoms with Crippen molar-refractivity contribution >= 4 is 41.7 Å². The van der Waals surface area contributed by atoms with Crippen LogP contribution in [0.5, 0.6) is 0 Å². The lowest BCUT2D eigenvalue weighted by atomic mass is 10.1. The van der Waals surface area contributed by atoms with Crippen LogP contribution in [0.25, 0.3) is 0 Å². The monoisotopic (exact) mass is 628 g/mol. The second-order valence-electron chi connectivity index (χ2n) is 9.70. The molecule has 0 aliphatic heterocycles. The molecular weight excluding hydrogens is 576 g/mol. The summed E-state index contributed by atoms with van der Waals surface area (Å²) in [7, 11) is 3.60. The highest BCUT2D eigenvalue weighted by Crippen LogP contribution is 2.10. The van der Waals surface area contributed by atoms with Crippen LogP contribution in [0.1, 0.15) is 56.3 Å². The SMILES string of the molecule is CC/C=C/C(CNc1ccc(C=O)cc1)=N/C(C(N)=O)=C(\C)N=CN.CNCCCNC(=O)CCC(NC)C(=O)NCCCN. The van der Waals surface area contributed by atoms with E-state index < -0.39 is 5.91 Å². The van der Waals surface area contributed by atoms with Crippen molar-refractivity contribution in [3.8, 4) is 0 Å². The number of allylic oxidation sites excluding steroid dienone is 2. The largest absolute Gasteiger partial charge is 0.390 e. The first-order chi connectivity index (χ1) is 21.7. The molecule has 11 N–H and O–H groups in total. The Morgan fingerprint density at radius 2 is 1.71 bits per heavy atom. The number of likely N-dealkylation sites (N-methyl/N-ethyl adjacent to an activating group) is 1. The van der Waals surface area contributed by atoms with Gasteiger partial charge in [-0.3, -0.25) is 19.2 Å². The predicted octanol–water partition coefficient (Wildman–Crippen LogP) is 0.567. The summed E-state index contributed by atoms with van der Waals surface area (Å²) < 4.78 is 0. The van der Waals surface area contributed by atoms with Gasteiger partial charge in [0.25, 0.3) is 5.91 Å². The summed E-state index contributed by atoms with van der Waals surface area (Å²) in [6, 6.07) is 6.67. The van der Waals surface area contributed by atoms with Crippen LogP contribution in [-0.2, 0) is 14.4 Å². The minimum atomic E-state index is -0.680. The van der Waals surface area contributed by atoms with E-state index in [-0.39, 0.29) is 23.6 Å². The lowest BCUT2D eigenvalue weighted by molar-refractivity contribution is -0.124. The fourth-order valence-corrected chi connectivity index (χ4v) is 3.59. The molecule has 0 aromatic heterocycles. The topological polar surface area (TPSA) is 231 Å². The molecule has 1 aromatic rings. The fraction of sp³-hybridized carbons (Fsp3) is 0.484. The number of carbonyl (C=O) groups is 4. The maximum absolute atomic E-state index is 11.8. The van der Waals surface area contributed by atoms with Crippen molar-refractivity contribution < 1.29 is 19.2 Å². The molecule has 0 aliphatic rings. The Labute approximate surface area is 266 Å². The zero-order valence-electron chi connectivity index (χ0n) is 27.0. The number of primary amides is 1. The average molecular weight is 629 g/mol. The Kier molecular flexibility index (Phi) is 23.5. The third kappa shape index (κ3) is 19.5. The fourth-order valence-electron chi connectivity index (χ4n) is 3.59. The van der Waals surface area contributed by atoms with Crippen LogP contribution in [0.3, 0.4) is 0 Å². The summed E-state index contributed by atoms with van der Waals surface area (Å²) in [5, 5.41) is 14.8. The smallest absolute Gasteiger partial charge is 0.269 e. The molecule has 0 saturated heterocycles. The highest BCUT2D eigenvalue weighted by atomic mass is 16.2. The van der Waals surface area contributed by atoms with E-state index in [1.165, 1.54) is 0 Å². The molecule has 0 saturated carbocycles. The lowest BCUT2D eigenvalue weighted by Crippen LogP contribution is -2.43. The zero-order valence-corrected chi connectivity index (χ0v) is 27.0. The number of benzene rings is 1. The number of rotatable bonds is 21. The van der Waals surface area contributed by atoms with Crippen molar-refractivity contribution in [3.05, 3.63) is 53.4 Å². The first kappa shape index (κ1) is 40.6. The molecule has 0 fully saturated rings. The van der Waals surface area contributed by atoms with E-state index in [9.17, 15) is 19.2 Å². The molecule has 250 valence electrons. The molecule has 0 bridgehead atoms. The number of nitrogens with zero attached hydrogens (tertiary/aromatic N) is 2. The van der Waals surface area contributed by atoms with Crippen molar-refractivity contribution in [2.75, 3.05) is 52.1 Å². The molecule has 1 unspecified atom stereocenters. The minimum absolute atomic E-state index is 0.0175. The van der Waals surface area contributed by atoms with E-state index >= 15 is 0 Å². The number of nitrogens with two attached hydrogens (primary N) is 3. The molecule has 3 amide bonds. The standard InChI is InChI=1S/C18H23N5O2.C13H29N5O2/c1-3-4-5-16(23-17(18(20)25)13(2)22-12-19)10-21-15-8-6-14(11-24)7-9-15;1-15-8-4-10-17-12(19)6-5-11(16-2)13(20)18-9-3-7-14/h4-9,11-12,21H,3,10H2,1-2H3,(H2,19,22)(H2,20,25);11,15-16H,3-10,14H2,1-2H3,(H,17,19)(H,18,20)/b5-4+,17-13+,23-16-;. The number of aliphatic imine (C=N–C) groups is 2. The van der Waals surface area contributed by atoms with E-state index in [2.05, 4.69) is 36.6 Å². The van der Waals surface area contributed by atoms with Crippen molar-refractivity contribution in [3.63, 3.8) is 0 Å². The number of carbonyl (C=O) groups excluding carboxylic acids is 4. The van der Waals surface area contributed by atoms with Gasteiger partial charge in [0.2, 0.25) is 11.8 Å². The Morgan fingerprint density at radius 3 is 2.27 bits per heavy atom. The summed E-state index contributed by atoms with van der Waals surface area (Å²) in [5.41, 5.74) is 18.4. The number of anilines is 1. The highest BCUT2D eigenvalue weighted by Gasteiger charge is 2.17. The normalized spacial score (nSPS) is 12.6. The zero-order chi connectivity index (χ0) is 33.9. The van der Waals surface area contributed by atoms with Gasteiger partial charge in [-0.1, -0.05) is 13.0 Å². The third-order valence-electron chi connectivity index (χ3n) is 6.10. The van der Waals surface area contributed by atoms with E-state index in [1.807, 2.05) is 26.1 Å². The number of amides is 3. The molecule has 0 aliphatic carbocycles. The molecule has 0 spiro atoms. The van der Waals surface area contributed by atoms with Crippen LogP contribution in [0.15, 0.2) is 57.8 Å². The van der Waals surface area contributed by atoms with Crippen LogP contribution in [-0.4, -0.2) is 88.9 Å². The van der Waals surface area contributed by atoms with Crippen LogP contribution >= 0.6 is 0 Å². The summed E-state index contributed by atoms with van der Waals surface area (Å²) in [6.07, 6.45) is 8.92. The van der Waals surface area contributed by atoms with Crippen molar-refractivity contribution in [1.82, 2.24) is 21.3 Å². The molecule has 0 heterocycles. The van der Waals surface area contributed by atoms with Gasteiger partial charge in [-0.15, -0.1) is 0 Å². The van der Waals surface area contributed by atoms with E-state index in [4.69, 9.17) is 17.2 Å². The van der Waals surface area contributed by atoms with E-state index in [1.54, 1.807) is 38.2 Å². The summed E-state index contributed by atoms with van der Waals surface area (Å²) in [6.45, 7) is 6.64. The molecule has 1 atom stereocenters. The van der Waals surface area contributed by atoms with Gasteiger partial charge < -0.3 is 43.8 Å². The third-order valence-corrected chi connectivity index (χ3v) is 6.10. The van der Waals surface area contributed by atoms with Gasteiger partial charge in [0.05, 0.1) is 30.3 Å². The molecule has 1 rings (SSSR count). The molecular formula is C31H52N10O4. The summed E-state index contributed by atoms with van der Waals surface area (Å²) >= 11 is 0. The van der Waals surface area contributed by atoms with Gasteiger partial charge in [-0.05, 0) is 90.1 Å².